The molecule has 0 aliphatic carbocycles. The zero-order valence-electron chi connectivity index (χ0n) is 9.80. The quantitative estimate of drug-likeness (QED) is 0.798. The van der Waals surface area contributed by atoms with Crippen LogP contribution in [0.2, 0.25) is 0 Å². The van der Waals surface area contributed by atoms with Gasteiger partial charge in [-0.15, -0.1) is 0 Å². The summed E-state index contributed by atoms with van der Waals surface area (Å²) in [6.45, 7) is 2.51. The molecule has 86 valence electrons. The van der Waals surface area contributed by atoms with Crippen molar-refractivity contribution in [1.29, 1.82) is 0 Å². The molecule has 2 nitrogen and oxygen atoms in total. The van der Waals surface area contributed by atoms with Crippen LogP contribution in [0.15, 0.2) is 53.5 Å². The maximum Gasteiger partial charge on any atom is 0.127 e. The number of aromatic hydroxyl groups is 1. The molecule has 2 rings (SSSR count). The van der Waals surface area contributed by atoms with Crippen molar-refractivity contribution in [3.8, 4) is 5.75 Å². The number of phenols is 1. The Hall–Kier alpha value is -2.09. The summed E-state index contributed by atoms with van der Waals surface area (Å²) in [5.74, 6) is 0.310. The highest BCUT2D eigenvalue weighted by atomic mass is 16.3. The number of aliphatic imine (C=N–C) groups is 1. The van der Waals surface area contributed by atoms with Crippen LogP contribution in [0.4, 0.5) is 0 Å². The number of hydrogen-bond donors (Lipinski definition) is 1. The normalized spacial score (nSPS) is 10.9. The minimum absolute atomic E-state index is 0.310. The van der Waals surface area contributed by atoms with E-state index >= 15 is 0 Å². The van der Waals surface area contributed by atoms with Crippen molar-refractivity contribution in [3.05, 3.63) is 65.2 Å². The van der Waals surface area contributed by atoms with Crippen LogP contribution in [-0.4, -0.2) is 11.3 Å². The monoisotopic (exact) mass is 225 g/mol. The van der Waals surface area contributed by atoms with Gasteiger partial charge in [-0.25, -0.2) is 0 Å². The summed E-state index contributed by atoms with van der Waals surface area (Å²) < 4.78 is 0. The molecule has 2 aromatic carbocycles. The molecule has 0 amide bonds. The summed E-state index contributed by atoms with van der Waals surface area (Å²) in [4.78, 5) is 4.33. The Bertz CT molecular complexity index is 518. The summed E-state index contributed by atoms with van der Waals surface area (Å²) in [5, 5.41) is 9.80. The van der Waals surface area contributed by atoms with Crippen molar-refractivity contribution < 1.29 is 5.11 Å². The highest BCUT2D eigenvalue weighted by Gasteiger charge is 1.99. The molecule has 2 aromatic rings. The van der Waals surface area contributed by atoms with E-state index in [-0.39, 0.29) is 0 Å². The van der Waals surface area contributed by atoms with E-state index in [4.69, 9.17) is 0 Å². The van der Waals surface area contributed by atoms with Gasteiger partial charge >= 0.3 is 0 Å². The lowest BCUT2D eigenvalue weighted by Crippen LogP contribution is -1.87. The van der Waals surface area contributed by atoms with Crippen molar-refractivity contribution in [3.63, 3.8) is 0 Å². The molecule has 0 fully saturated rings. The van der Waals surface area contributed by atoms with Crippen molar-refractivity contribution in [2.75, 3.05) is 0 Å². The number of phenolic OH excluding ortho intramolecular Hbond substituents is 1. The van der Waals surface area contributed by atoms with Gasteiger partial charge in [0.25, 0.3) is 0 Å². The Kier molecular flexibility index (Phi) is 3.55. The van der Waals surface area contributed by atoms with Gasteiger partial charge < -0.3 is 5.11 Å². The molecule has 0 aliphatic rings. The van der Waals surface area contributed by atoms with Gasteiger partial charge in [0.1, 0.15) is 5.75 Å². The highest BCUT2D eigenvalue weighted by molar-refractivity contribution is 5.83. The number of rotatable bonds is 3. The fourth-order valence-electron chi connectivity index (χ4n) is 1.62. The second-order valence-corrected chi connectivity index (χ2v) is 3.97. The van der Waals surface area contributed by atoms with Gasteiger partial charge in [0.15, 0.2) is 0 Å². The van der Waals surface area contributed by atoms with Crippen molar-refractivity contribution >= 4 is 6.21 Å². The Balaban J connectivity index is 2.09. The van der Waals surface area contributed by atoms with Crippen molar-refractivity contribution in [2.45, 2.75) is 13.5 Å². The van der Waals surface area contributed by atoms with Crippen LogP contribution in [0.1, 0.15) is 16.7 Å². The molecular formula is C15H15NO. The first-order chi connectivity index (χ1) is 8.27. The molecule has 0 spiro atoms. The first kappa shape index (κ1) is 11.4. The van der Waals surface area contributed by atoms with E-state index in [9.17, 15) is 5.11 Å². The molecule has 0 radical (unpaired) electrons. The lowest BCUT2D eigenvalue weighted by atomic mass is 10.1. The number of para-hydroxylation sites is 1. The smallest absolute Gasteiger partial charge is 0.127 e. The third-order valence-electron chi connectivity index (χ3n) is 2.62. The van der Waals surface area contributed by atoms with E-state index < -0.39 is 0 Å². The highest BCUT2D eigenvalue weighted by Crippen LogP contribution is 2.19. The maximum absolute atomic E-state index is 9.80. The summed E-state index contributed by atoms with van der Waals surface area (Å²) in [7, 11) is 0. The van der Waals surface area contributed by atoms with Gasteiger partial charge in [-0.3, -0.25) is 4.99 Å². The first-order valence-electron chi connectivity index (χ1n) is 5.59. The van der Waals surface area contributed by atoms with E-state index in [1.807, 2.05) is 55.5 Å². The number of nitrogens with zero attached hydrogens (tertiary/aromatic N) is 1. The molecule has 2 heteroatoms. The predicted molar refractivity (Wildman–Crippen MR) is 70.6 cm³/mol. The minimum atomic E-state index is 0.310. The fraction of sp³-hybridized carbons (Fsp3) is 0.133. The second kappa shape index (κ2) is 5.30. The molecule has 0 aliphatic heterocycles. The van der Waals surface area contributed by atoms with Crippen LogP contribution < -0.4 is 0 Å². The third-order valence-corrected chi connectivity index (χ3v) is 2.62. The summed E-state index contributed by atoms with van der Waals surface area (Å²) >= 11 is 0. The maximum atomic E-state index is 9.80. The average molecular weight is 225 g/mol. The molecular weight excluding hydrogens is 210 g/mol. The van der Waals surface area contributed by atoms with Gasteiger partial charge in [0.2, 0.25) is 0 Å². The first-order valence-corrected chi connectivity index (χ1v) is 5.59. The summed E-state index contributed by atoms with van der Waals surface area (Å²) in [6.07, 6.45) is 1.72. The molecule has 0 heterocycles. The molecule has 0 saturated carbocycles. The van der Waals surface area contributed by atoms with Crippen LogP contribution in [0.25, 0.3) is 0 Å². The van der Waals surface area contributed by atoms with Crippen molar-refractivity contribution in [1.82, 2.24) is 0 Å². The standard InChI is InChI=1S/C15H15NO/c1-12-6-5-9-14(15(12)17)11-16-10-13-7-3-2-4-8-13/h2-9,11,17H,10H2,1H3. The van der Waals surface area contributed by atoms with Crippen molar-refractivity contribution in [2.24, 2.45) is 4.99 Å². The summed E-state index contributed by atoms with van der Waals surface area (Å²) in [6, 6.07) is 15.7. The molecule has 0 aromatic heterocycles. The van der Waals surface area contributed by atoms with Gasteiger partial charge in [0.05, 0.1) is 6.54 Å². The molecule has 0 bridgehead atoms. The van der Waals surface area contributed by atoms with Crippen LogP contribution >= 0.6 is 0 Å². The largest absolute Gasteiger partial charge is 0.507 e. The van der Waals surface area contributed by atoms with Crippen LogP contribution in [-0.2, 0) is 6.54 Å². The fourth-order valence-corrected chi connectivity index (χ4v) is 1.62. The van der Waals surface area contributed by atoms with Crippen LogP contribution in [0.3, 0.4) is 0 Å². The lowest BCUT2D eigenvalue weighted by Gasteiger charge is -2.01. The second-order valence-electron chi connectivity index (χ2n) is 3.97. The van der Waals surface area contributed by atoms with E-state index in [1.165, 1.54) is 0 Å². The minimum Gasteiger partial charge on any atom is -0.507 e. The predicted octanol–water partition coefficient (Wildman–Crippen LogP) is 3.32. The lowest BCUT2D eigenvalue weighted by molar-refractivity contribution is 0.470. The summed E-state index contributed by atoms with van der Waals surface area (Å²) in [5.41, 5.74) is 2.80. The Morgan fingerprint density at radius 2 is 1.82 bits per heavy atom. The van der Waals surface area contributed by atoms with E-state index in [1.54, 1.807) is 6.21 Å². The van der Waals surface area contributed by atoms with E-state index in [0.29, 0.717) is 12.3 Å². The van der Waals surface area contributed by atoms with Gasteiger partial charge in [-0.05, 0) is 24.1 Å². The topological polar surface area (TPSA) is 32.6 Å². The third kappa shape index (κ3) is 2.94. The Morgan fingerprint density at radius 1 is 1.06 bits per heavy atom. The zero-order valence-corrected chi connectivity index (χ0v) is 9.80. The van der Waals surface area contributed by atoms with Crippen LogP contribution in [0, 0.1) is 6.92 Å². The SMILES string of the molecule is Cc1cccc(C=NCc2ccccc2)c1O. The average Bonchev–Trinajstić information content (AvgIpc) is 2.36. The Labute approximate surface area is 101 Å². The molecule has 17 heavy (non-hydrogen) atoms. The van der Waals surface area contributed by atoms with Gasteiger partial charge in [0, 0.05) is 11.8 Å². The molecule has 1 N–H and O–H groups in total. The van der Waals surface area contributed by atoms with Gasteiger partial charge in [-0.1, -0.05) is 42.5 Å². The number of benzene rings is 2. The van der Waals surface area contributed by atoms with Gasteiger partial charge in [-0.2, -0.15) is 0 Å². The molecule has 0 unspecified atom stereocenters. The molecule has 0 atom stereocenters. The number of hydrogen-bond acceptors (Lipinski definition) is 2. The zero-order chi connectivity index (χ0) is 12.1. The molecule has 0 saturated heterocycles. The number of aryl methyl sites for hydroxylation is 1. The van der Waals surface area contributed by atoms with Crippen LogP contribution in [0.5, 0.6) is 5.75 Å². The van der Waals surface area contributed by atoms with E-state index in [2.05, 4.69) is 4.99 Å². The Morgan fingerprint density at radius 3 is 2.59 bits per heavy atom. The van der Waals surface area contributed by atoms with E-state index in [0.717, 1.165) is 16.7 Å².